The molecule has 0 radical (unpaired) electrons. The number of allylic oxidation sites excluding steroid dienone is 5. The maximum atomic E-state index is 12.5. The van der Waals surface area contributed by atoms with E-state index in [1.54, 1.807) is 7.11 Å². The molecule has 0 bridgehead atoms. The van der Waals surface area contributed by atoms with Crippen LogP contribution < -0.4 is 14.9 Å². The minimum absolute atomic E-state index is 0.0204. The number of nitrogens with one attached hydrogen (secondary N) is 1. The number of pyridine rings is 1. The summed E-state index contributed by atoms with van der Waals surface area (Å²) in [6.45, 7) is 17.0. The Morgan fingerprint density at radius 3 is 2.29 bits per heavy atom. The van der Waals surface area contributed by atoms with Crippen LogP contribution in [0.4, 0.5) is 0 Å². The maximum absolute atomic E-state index is 12.5. The highest BCUT2D eigenvalue weighted by Gasteiger charge is 2.60. The molecule has 1 N–H and O–H groups in total. The molecule has 2 heterocycles. The Morgan fingerprint density at radius 1 is 1.11 bits per heavy atom. The smallest absolute Gasteiger partial charge is 0.238 e. The van der Waals surface area contributed by atoms with Crippen molar-refractivity contribution in [2.45, 2.75) is 86.0 Å². The van der Waals surface area contributed by atoms with Crippen LogP contribution in [0.15, 0.2) is 39.7 Å². The van der Waals surface area contributed by atoms with Crippen LogP contribution in [0.2, 0.25) is 0 Å². The minimum Gasteiger partial charge on any atom is -0.488 e. The van der Waals surface area contributed by atoms with E-state index in [1.807, 2.05) is 6.92 Å². The van der Waals surface area contributed by atoms with Gasteiger partial charge >= 0.3 is 0 Å². The number of H-pyrrole nitrogens is 1. The number of rotatable bonds is 12. The van der Waals surface area contributed by atoms with Crippen LogP contribution in [-0.2, 0) is 15.9 Å². The Labute approximate surface area is 211 Å². The lowest BCUT2D eigenvalue weighted by Crippen LogP contribution is -2.37. The van der Waals surface area contributed by atoms with E-state index in [0.29, 0.717) is 23.8 Å². The van der Waals surface area contributed by atoms with Crippen LogP contribution in [0, 0.1) is 18.8 Å². The van der Waals surface area contributed by atoms with Crippen molar-refractivity contribution in [3.63, 3.8) is 0 Å². The molecular weight excluding hydrogens is 442 g/mol. The first-order valence-electron chi connectivity index (χ1n) is 12.4. The fraction of sp³-hybridized carbons (Fsp3) is 0.621. The third kappa shape index (κ3) is 6.89. The van der Waals surface area contributed by atoms with E-state index in [2.05, 4.69) is 71.7 Å². The molecule has 1 saturated heterocycles. The topological polar surface area (TPSA) is 73.1 Å². The first-order chi connectivity index (χ1) is 16.4. The lowest BCUT2D eigenvalue weighted by atomic mass is 9.86. The Kier molecular flexibility index (Phi) is 9.99. The lowest BCUT2D eigenvalue weighted by molar-refractivity contribution is 0.0131. The zero-order valence-corrected chi connectivity index (χ0v) is 23.5. The molecule has 1 fully saturated rings. The summed E-state index contributed by atoms with van der Waals surface area (Å²) < 4.78 is 22.4. The van der Waals surface area contributed by atoms with Crippen LogP contribution in [0.5, 0.6) is 11.6 Å². The molecule has 4 unspecified atom stereocenters. The van der Waals surface area contributed by atoms with E-state index in [0.717, 1.165) is 12.1 Å². The average molecular weight is 488 g/mol. The van der Waals surface area contributed by atoms with Gasteiger partial charge in [0.15, 0.2) is 0 Å². The van der Waals surface area contributed by atoms with Crippen molar-refractivity contribution in [2.24, 2.45) is 11.8 Å². The largest absolute Gasteiger partial charge is 0.488 e. The van der Waals surface area contributed by atoms with Gasteiger partial charge in [-0.3, -0.25) is 4.79 Å². The summed E-state index contributed by atoms with van der Waals surface area (Å²) >= 11 is 0. The fourth-order valence-electron chi connectivity index (χ4n) is 5.25. The van der Waals surface area contributed by atoms with Crippen LogP contribution in [-0.4, -0.2) is 44.1 Å². The molecule has 0 saturated carbocycles. The molecule has 1 aliphatic heterocycles. The fourth-order valence-corrected chi connectivity index (χ4v) is 5.25. The number of ether oxygens (including phenoxy) is 4. The molecule has 1 aliphatic rings. The molecule has 4 atom stereocenters. The molecule has 35 heavy (non-hydrogen) atoms. The van der Waals surface area contributed by atoms with Gasteiger partial charge in [-0.25, -0.2) is 0 Å². The zero-order valence-electron chi connectivity index (χ0n) is 23.5. The van der Waals surface area contributed by atoms with E-state index >= 15 is 0 Å². The standard InChI is InChI=1S/C29H45NO5/c1-17(2)26-29(8,35-26)27(33-10)21(6)16-20(5)15-19(4)14-18(3)12-13-23-22(7)24(31)25(32-9)28(30-23)34-11/h12,15-17,21,26-27H,13-14H2,1-11H3,(H,30,31). The number of hydrogen-bond donors (Lipinski definition) is 1. The van der Waals surface area contributed by atoms with Crippen molar-refractivity contribution in [1.29, 1.82) is 0 Å². The number of methoxy groups -OCH3 is 3. The van der Waals surface area contributed by atoms with Crippen molar-refractivity contribution in [3.8, 4) is 11.6 Å². The molecule has 0 aliphatic carbocycles. The van der Waals surface area contributed by atoms with E-state index in [-0.39, 0.29) is 34.9 Å². The Hall–Kier alpha value is -2.31. The molecule has 0 aromatic carbocycles. The number of epoxide rings is 1. The van der Waals surface area contributed by atoms with Crippen LogP contribution >= 0.6 is 0 Å². The average Bonchev–Trinajstić information content (AvgIpc) is 3.47. The van der Waals surface area contributed by atoms with Crippen molar-refractivity contribution in [3.05, 3.63) is 56.4 Å². The van der Waals surface area contributed by atoms with Gasteiger partial charge in [-0.15, -0.1) is 0 Å². The van der Waals surface area contributed by atoms with Crippen molar-refractivity contribution < 1.29 is 18.9 Å². The lowest BCUT2D eigenvalue weighted by Gasteiger charge is -2.25. The van der Waals surface area contributed by atoms with Gasteiger partial charge in [-0.2, -0.15) is 0 Å². The van der Waals surface area contributed by atoms with Crippen LogP contribution in [0.3, 0.4) is 0 Å². The summed E-state index contributed by atoms with van der Waals surface area (Å²) in [6.07, 6.45) is 8.42. The number of aromatic nitrogens is 1. The highest BCUT2D eigenvalue weighted by Crippen LogP contribution is 2.47. The van der Waals surface area contributed by atoms with Crippen LogP contribution in [0.25, 0.3) is 0 Å². The summed E-state index contributed by atoms with van der Waals surface area (Å²) in [5.41, 5.74) is 4.85. The first kappa shape index (κ1) is 28.9. The quantitative estimate of drug-likeness (QED) is 0.224. The molecule has 2 rings (SSSR count). The molecule has 1 aromatic rings. The normalized spacial score (nSPS) is 22.9. The van der Waals surface area contributed by atoms with E-state index in [9.17, 15) is 4.79 Å². The number of aromatic amines is 1. The van der Waals surface area contributed by atoms with Gasteiger partial charge in [0, 0.05) is 30.7 Å². The monoisotopic (exact) mass is 487 g/mol. The molecule has 0 amide bonds. The van der Waals surface area contributed by atoms with Gasteiger partial charge in [0.1, 0.15) is 5.60 Å². The molecule has 6 nitrogen and oxygen atoms in total. The van der Waals surface area contributed by atoms with Gasteiger partial charge in [-0.05, 0) is 47.0 Å². The van der Waals surface area contributed by atoms with Crippen molar-refractivity contribution in [2.75, 3.05) is 21.3 Å². The summed E-state index contributed by atoms with van der Waals surface area (Å²) in [4.78, 5) is 15.7. The zero-order chi connectivity index (χ0) is 26.5. The van der Waals surface area contributed by atoms with Crippen molar-refractivity contribution >= 4 is 0 Å². The van der Waals surface area contributed by atoms with Gasteiger partial charge < -0.3 is 23.9 Å². The van der Waals surface area contributed by atoms with E-state index in [4.69, 9.17) is 18.9 Å². The van der Waals surface area contributed by atoms with Gasteiger partial charge in [-0.1, -0.05) is 55.7 Å². The maximum Gasteiger partial charge on any atom is 0.238 e. The second-order valence-electron chi connectivity index (χ2n) is 10.4. The second kappa shape index (κ2) is 12.1. The van der Waals surface area contributed by atoms with Gasteiger partial charge in [0.2, 0.25) is 17.1 Å². The predicted octanol–water partition coefficient (Wildman–Crippen LogP) is 5.94. The van der Waals surface area contributed by atoms with Gasteiger partial charge in [0.25, 0.3) is 0 Å². The predicted molar refractivity (Wildman–Crippen MR) is 143 cm³/mol. The third-order valence-corrected chi connectivity index (χ3v) is 6.88. The van der Waals surface area contributed by atoms with Crippen LogP contribution in [0.1, 0.15) is 66.1 Å². The van der Waals surface area contributed by atoms with Gasteiger partial charge in [0.05, 0.1) is 26.4 Å². The van der Waals surface area contributed by atoms with Crippen molar-refractivity contribution in [1.82, 2.24) is 4.98 Å². The Bertz CT molecular complexity index is 1030. The Morgan fingerprint density at radius 2 is 1.77 bits per heavy atom. The molecule has 6 heteroatoms. The molecular formula is C29H45NO5. The third-order valence-electron chi connectivity index (χ3n) is 6.88. The molecule has 196 valence electrons. The van der Waals surface area contributed by atoms with E-state index < -0.39 is 0 Å². The van der Waals surface area contributed by atoms with E-state index in [1.165, 1.54) is 30.9 Å². The summed E-state index contributed by atoms with van der Waals surface area (Å²) in [7, 11) is 4.77. The Balaban J connectivity index is 2.08. The molecule has 1 aromatic heterocycles. The highest BCUT2D eigenvalue weighted by molar-refractivity contribution is 5.40. The second-order valence-corrected chi connectivity index (χ2v) is 10.4. The highest BCUT2D eigenvalue weighted by atomic mass is 16.6. The minimum atomic E-state index is -0.222. The summed E-state index contributed by atoms with van der Waals surface area (Å²) in [5, 5.41) is 0. The first-order valence-corrected chi connectivity index (χ1v) is 12.4. The summed E-state index contributed by atoms with van der Waals surface area (Å²) in [5.74, 6) is 1.28. The SMILES string of the molecule is COc1[nH]c(CC=C(C)CC(C)=CC(C)=CC(C)C(OC)C2(C)OC2C(C)C)c(C)c(=O)c1OC. The summed E-state index contributed by atoms with van der Waals surface area (Å²) in [6, 6.07) is 0. The number of hydrogen-bond acceptors (Lipinski definition) is 5. The molecule has 0 spiro atoms.